The smallest absolute Gasteiger partial charge is 0.417 e. The summed E-state index contributed by atoms with van der Waals surface area (Å²) in [7, 11) is 1.40. The van der Waals surface area contributed by atoms with Gasteiger partial charge in [-0.05, 0) is 82.0 Å². The van der Waals surface area contributed by atoms with Crippen LogP contribution in [0.25, 0.3) is 17.2 Å². The van der Waals surface area contributed by atoms with Crippen molar-refractivity contribution in [3.63, 3.8) is 0 Å². The number of carbonyl (C=O) groups excluding carboxylic acids is 2. The van der Waals surface area contributed by atoms with E-state index in [0.717, 1.165) is 35.7 Å². The fourth-order valence-corrected chi connectivity index (χ4v) is 5.35. The average molecular weight is 490 g/mol. The number of thioether (sulfide) groups is 1. The Labute approximate surface area is 201 Å². The van der Waals surface area contributed by atoms with E-state index in [1.165, 1.54) is 19.3 Å². The highest BCUT2D eigenvalue weighted by atomic mass is 32.2. The van der Waals surface area contributed by atoms with E-state index >= 15 is 0 Å². The molecule has 34 heavy (non-hydrogen) atoms. The van der Waals surface area contributed by atoms with Gasteiger partial charge < -0.3 is 4.74 Å². The largest absolute Gasteiger partial charge is 0.496 e. The topological polar surface area (TPSA) is 55.4 Å². The number of benzene rings is 2. The van der Waals surface area contributed by atoms with Crippen LogP contribution in [0.5, 0.6) is 5.75 Å². The molecule has 2 aliphatic rings. The average Bonchev–Trinajstić information content (AvgIpc) is 3.06. The maximum absolute atomic E-state index is 14.3. The molecule has 180 valence electrons. The number of amides is 2. The maximum atomic E-state index is 14.3. The molecule has 0 radical (unpaired) electrons. The number of hydrogen-bond donors (Lipinski definition) is 1. The molecular formula is C26H26F3NO3S. The molecular weight excluding hydrogens is 463 g/mol. The predicted octanol–water partition coefficient (Wildman–Crippen LogP) is 7.05. The Balaban J connectivity index is 1.91. The summed E-state index contributed by atoms with van der Waals surface area (Å²) >= 11 is 0.775. The van der Waals surface area contributed by atoms with E-state index in [1.54, 1.807) is 24.3 Å². The van der Waals surface area contributed by atoms with E-state index in [1.807, 2.05) is 13.8 Å². The number of hydrogen-bond acceptors (Lipinski definition) is 4. The van der Waals surface area contributed by atoms with Crippen molar-refractivity contribution in [1.82, 2.24) is 5.32 Å². The number of nitrogens with one attached hydrogen (secondary N) is 1. The third-order valence-electron chi connectivity index (χ3n) is 6.75. The standard InChI is InChI=1S/C26H26F3NO3S/c1-24(2)8-9-25(3,4)19-13-17(26(27,28)29)16(12-18(19)24)15-7-6-14(10-20(15)33-5)11-21-22(31)30-23(32)34-21/h6-7,10-13H,8-9H2,1-5H3,(H,30,31,32)/b21-11+. The molecule has 0 unspecified atom stereocenters. The second-order valence-electron chi connectivity index (χ2n) is 10.0. The minimum absolute atomic E-state index is 0.0660. The minimum Gasteiger partial charge on any atom is -0.496 e. The molecule has 4 nitrogen and oxygen atoms in total. The van der Waals surface area contributed by atoms with Gasteiger partial charge in [-0.25, -0.2) is 0 Å². The van der Waals surface area contributed by atoms with Gasteiger partial charge in [0.05, 0.1) is 17.6 Å². The normalized spacial score (nSPS) is 20.3. The molecule has 2 amide bonds. The van der Waals surface area contributed by atoms with Crippen molar-refractivity contribution in [3.8, 4) is 16.9 Å². The fourth-order valence-electron chi connectivity index (χ4n) is 4.66. The lowest BCUT2D eigenvalue weighted by molar-refractivity contribution is -0.137. The number of fused-ring (bicyclic) bond motifs is 1. The summed E-state index contributed by atoms with van der Waals surface area (Å²) in [6.07, 6.45) is -1.35. The van der Waals surface area contributed by atoms with Crippen LogP contribution in [0, 0.1) is 0 Å². The first kappa shape index (κ1) is 24.4. The zero-order valence-electron chi connectivity index (χ0n) is 19.6. The molecule has 0 aromatic heterocycles. The highest BCUT2D eigenvalue weighted by Crippen LogP contribution is 2.51. The molecule has 0 atom stereocenters. The highest BCUT2D eigenvalue weighted by Gasteiger charge is 2.42. The van der Waals surface area contributed by atoms with Crippen LogP contribution in [0.3, 0.4) is 0 Å². The van der Waals surface area contributed by atoms with E-state index < -0.39 is 22.9 Å². The second kappa shape index (κ2) is 8.18. The van der Waals surface area contributed by atoms with E-state index in [2.05, 4.69) is 19.2 Å². The molecule has 1 heterocycles. The van der Waals surface area contributed by atoms with E-state index in [9.17, 15) is 22.8 Å². The molecule has 0 saturated carbocycles. The summed E-state index contributed by atoms with van der Waals surface area (Å²) in [5, 5.41) is 1.72. The zero-order valence-corrected chi connectivity index (χ0v) is 20.5. The van der Waals surface area contributed by atoms with Crippen molar-refractivity contribution in [2.24, 2.45) is 0 Å². The second-order valence-corrected chi connectivity index (χ2v) is 11.0. The molecule has 2 aromatic carbocycles. The van der Waals surface area contributed by atoms with E-state index in [4.69, 9.17) is 4.74 Å². The number of halogens is 3. The Bertz CT molecular complexity index is 1230. The molecule has 1 saturated heterocycles. The minimum atomic E-state index is -4.55. The molecule has 1 fully saturated rings. The van der Waals surface area contributed by atoms with Crippen molar-refractivity contribution in [2.75, 3.05) is 7.11 Å². The number of ether oxygens (including phenoxy) is 1. The summed E-state index contributed by atoms with van der Waals surface area (Å²) in [4.78, 5) is 23.5. The zero-order chi connectivity index (χ0) is 25.1. The Kier molecular flexibility index (Phi) is 5.87. The Morgan fingerprint density at radius 3 is 2.12 bits per heavy atom. The van der Waals surface area contributed by atoms with Gasteiger partial charge in [-0.15, -0.1) is 0 Å². The van der Waals surface area contributed by atoms with Gasteiger partial charge in [0.25, 0.3) is 11.1 Å². The van der Waals surface area contributed by atoms with E-state index in [-0.39, 0.29) is 27.0 Å². The fraction of sp³-hybridized carbons (Fsp3) is 0.385. The predicted molar refractivity (Wildman–Crippen MR) is 128 cm³/mol. The summed E-state index contributed by atoms with van der Waals surface area (Å²) in [6, 6.07) is 7.76. The number of imide groups is 1. The van der Waals surface area contributed by atoms with Crippen LogP contribution >= 0.6 is 11.8 Å². The third-order valence-corrected chi connectivity index (χ3v) is 7.56. The summed E-state index contributed by atoms with van der Waals surface area (Å²) in [5.41, 5.74) is 1.25. The van der Waals surface area contributed by atoms with Crippen LogP contribution in [-0.2, 0) is 21.8 Å². The number of methoxy groups -OCH3 is 1. The first-order valence-corrected chi connectivity index (χ1v) is 11.7. The summed E-state index contributed by atoms with van der Waals surface area (Å²) < 4.78 is 48.3. The summed E-state index contributed by atoms with van der Waals surface area (Å²) in [6.45, 7) is 8.11. The molecule has 4 rings (SSSR count). The lowest BCUT2D eigenvalue weighted by atomic mass is 9.62. The van der Waals surface area contributed by atoms with Crippen LogP contribution in [0.2, 0.25) is 0 Å². The van der Waals surface area contributed by atoms with E-state index in [0.29, 0.717) is 11.1 Å². The Morgan fingerprint density at radius 1 is 0.971 bits per heavy atom. The van der Waals surface area contributed by atoms with Gasteiger partial charge >= 0.3 is 6.18 Å². The highest BCUT2D eigenvalue weighted by molar-refractivity contribution is 8.18. The molecule has 1 N–H and O–H groups in total. The monoisotopic (exact) mass is 489 g/mol. The van der Waals surface area contributed by atoms with Crippen LogP contribution in [0.1, 0.15) is 62.8 Å². The molecule has 1 aliphatic carbocycles. The van der Waals surface area contributed by atoms with Crippen molar-refractivity contribution in [3.05, 3.63) is 57.5 Å². The van der Waals surface area contributed by atoms with Gasteiger partial charge in [0.1, 0.15) is 5.75 Å². The van der Waals surface area contributed by atoms with Gasteiger partial charge in [0, 0.05) is 5.56 Å². The number of carbonyl (C=O) groups is 2. The van der Waals surface area contributed by atoms with Gasteiger partial charge in [-0.2, -0.15) is 13.2 Å². The Hall–Kier alpha value is -2.74. The lowest BCUT2D eigenvalue weighted by Crippen LogP contribution is -2.34. The molecule has 1 aliphatic heterocycles. The van der Waals surface area contributed by atoms with Crippen LogP contribution in [-0.4, -0.2) is 18.3 Å². The third kappa shape index (κ3) is 4.35. The van der Waals surface area contributed by atoms with Crippen molar-refractivity contribution in [1.29, 1.82) is 0 Å². The van der Waals surface area contributed by atoms with Crippen molar-refractivity contribution >= 4 is 29.0 Å². The van der Waals surface area contributed by atoms with Crippen LogP contribution < -0.4 is 10.1 Å². The van der Waals surface area contributed by atoms with Crippen molar-refractivity contribution < 1.29 is 27.5 Å². The maximum Gasteiger partial charge on any atom is 0.417 e. The summed E-state index contributed by atoms with van der Waals surface area (Å²) in [5.74, 6) is -0.251. The van der Waals surface area contributed by atoms with Crippen LogP contribution in [0.15, 0.2) is 35.2 Å². The lowest BCUT2D eigenvalue weighted by Gasteiger charge is -2.42. The Morgan fingerprint density at radius 2 is 1.59 bits per heavy atom. The molecule has 8 heteroatoms. The molecule has 2 aromatic rings. The van der Waals surface area contributed by atoms with Crippen LogP contribution in [0.4, 0.5) is 18.0 Å². The van der Waals surface area contributed by atoms with Gasteiger partial charge in [0.15, 0.2) is 0 Å². The first-order chi connectivity index (χ1) is 15.7. The van der Waals surface area contributed by atoms with Gasteiger partial charge in [0.2, 0.25) is 0 Å². The first-order valence-electron chi connectivity index (χ1n) is 10.9. The van der Waals surface area contributed by atoms with Crippen molar-refractivity contribution in [2.45, 2.75) is 57.5 Å². The molecule has 0 spiro atoms. The molecule has 0 bridgehead atoms. The SMILES string of the molecule is COc1cc(/C=C2/SC(=O)NC2=O)ccc1-c1cc2c(cc1C(F)(F)F)C(C)(C)CCC2(C)C. The number of alkyl halides is 3. The number of rotatable bonds is 3. The quantitative estimate of drug-likeness (QED) is 0.469. The van der Waals surface area contributed by atoms with Gasteiger partial charge in [-0.1, -0.05) is 39.8 Å². The van der Waals surface area contributed by atoms with Gasteiger partial charge in [-0.3, -0.25) is 14.9 Å².